The standard InChI is InChI=1S/C14H21NO3/c1-5-6-12(16)8-7-11-9-15(10-11)13(17)18-14(2,3)4/h1,11H,6-10H2,2-4H3. The Morgan fingerprint density at radius 3 is 2.50 bits per heavy atom. The molecule has 18 heavy (non-hydrogen) atoms. The molecule has 0 N–H and O–H groups in total. The van der Waals surface area contributed by atoms with Crippen molar-refractivity contribution in [1.29, 1.82) is 0 Å². The number of ether oxygens (including phenoxy) is 1. The smallest absolute Gasteiger partial charge is 0.410 e. The van der Waals surface area contributed by atoms with Crippen LogP contribution in [0.2, 0.25) is 0 Å². The number of ketones is 1. The van der Waals surface area contributed by atoms with E-state index in [0.29, 0.717) is 25.4 Å². The van der Waals surface area contributed by atoms with Gasteiger partial charge in [0.1, 0.15) is 11.4 Å². The zero-order chi connectivity index (χ0) is 13.8. The zero-order valence-electron chi connectivity index (χ0n) is 11.4. The molecule has 0 radical (unpaired) electrons. The second-order valence-electron chi connectivity index (χ2n) is 5.71. The lowest BCUT2D eigenvalue weighted by Crippen LogP contribution is -2.51. The molecule has 4 nitrogen and oxygen atoms in total. The minimum absolute atomic E-state index is 0.105. The van der Waals surface area contributed by atoms with Crippen molar-refractivity contribution < 1.29 is 14.3 Å². The Morgan fingerprint density at radius 1 is 1.39 bits per heavy atom. The van der Waals surface area contributed by atoms with Crippen molar-refractivity contribution in [2.75, 3.05) is 13.1 Å². The summed E-state index contributed by atoms with van der Waals surface area (Å²) in [5.74, 6) is 2.85. The Hall–Kier alpha value is -1.50. The van der Waals surface area contributed by atoms with Gasteiger partial charge in [-0.1, -0.05) is 5.92 Å². The number of amides is 1. The van der Waals surface area contributed by atoms with Gasteiger partial charge < -0.3 is 9.64 Å². The first-order valence-electron chi connectivity index (χ1n) is 6.25. The van der Waals surface area contributed by atoms with Crippen molar-refractivity contribution >= 4 is 11.9 Å². The summed E-state index contributed by atoms with van der Waals surface area (Å²) in [6.45, 7) is 6.90. The fourth-order valence-electron chi connectivity index (χ4n) is 1.80. The summed E-state index contributed by atoms with van der Waals surface area (Å²) < 4.78 is 5.25. The van der Waals surface area contributed by atoms with E-state index in [1.54, 1.807) is 4.90 Å². The number of carbonyl (C=O) groups excluding carboxylic acids is 2. The highest BCUT2D eigenvalue weighted by molar-refractivity contribution is 5.80. The lowest BCUT2D eigenvalue weighted by Gasteiger charge is -2.39. The Balaban J connectivity index is 2.18. The van der Waals surface area contributed by atoms with E-state index in [2.05, 4.69) is 5.92 Å². The molecule has 1 aliphatic heterocycles. The molecule has 0 spiro atoms. The molecule has 0 atom stereocenters. The van der Waals surface area contributed by atoms with Crippen LogP contribution in [-0.4, -0.2) is 35.5 Å². The molecular formula is C14H21NO3. The molecule has 0 aromatic rings. The van der Waals surface area contributed by atoms with Crippen LogP contribution in [0.15, 0.2) is 0 Å². The van der Waals surface area contributed by atoms with Gasteiger partial charge in [0.15, 0.2) is 0 Å². The minimum atomic E-state index is -0.453. The Morgan fingerprint density at radius 2 is 2.00 bits per heavy atom. The molecule has 0 unspecified atom stereocenters. The molecule has 1 saturated heterocycles. The molecule has 0 aromatic heterocycles. The maximum atomic E-state index is 11.6. The van der Waals surface area contributed by atoms with Gasteiger partial charge in [-0.25, -0.2) is 4.79 Å². The fraction of sp³-hybridized carbons (Fsp3) is 0.714. The van der Waals surface area contributed by atoms with Crippen molar-refractivity contribution in [2.24, 2.45) is 5.92 Å². The molecule has 1 aliphatic rings. The van der Waals surface area contributed by atoms with Crippen molar-refractivity contribution in [3.63, 3.8) is 0 Å². The summed E-state index contributed by atoms with van der Waals surface area (Å²) in [5, 5.41) is 0. The van der Waals surface area contributed by atoms with E-state index in [-0.39, 0.29) is 18.3 Å². The molecule has 1 amide bonds. The predicted octanol–water partition coefficient (Wildman–Crippen LogP) is 2.23. The summed E-state index contributed by atoms with van der Waals surface area (Å²) in [6.07, 6.45) is 6.32. The molecule has 1 heterocycles. The van der Waals surface area contributed by atoms with Crippen molar-refractivity contribution in [3.05, 3.63) is 0 Å². The van der Waals surface area contributed by atoms with Gasteiger partial charge in [-0.2, -0.15) is 0 Å². The number of terminal acetylenes is 1. The van der Waals surface area contributed by atoms with Gasteiger partial charge in [0.2, 0.25) is 0 Å². The highest BCUT2D eigenvalue weighted by Crippen LogP contribution is 2.23. The van der Waals surface area contributed by atoms with Gasteiger partial charge in [0, 0.05) is 19.5 Å². The third-order valence-electron chi connectivity index (χ3n) is 2.74. The van der Waals surface area contributed by atoms with Crippen LogP contribution in [0.3, 0.4) is 0 Å². The van der Waals surface area contributed by atoms with Gasteiger partial charge in [0.05, 0.1) is 6.42 Å². The van der Waals surface area contributed by atoms with E-state index < -0.39 is 5.60 Å². The van der Waals surface area contributed by atoms with Gasteiger partial charge in [-0.05, 0) is 33.1 Å². The third-order valence-corrected chi connectivity index (χ3v) is 2.74. The number of rotatable bonds is 4. The molecule has 100 valence electrons. The van der Waals surface area contributed by atoms with E-state index >= 15 is 0 Å². The normalized spacial score (nSPS) is 15.8. The SMILES string of the molecule is C#CCC(=O)CCC1CN(C(=O)OC(C)(C)C)C1. The largest absolute Gasteiger partial charge is 0.444 e. The van der Waals surface area contributed by atoms with Crippen LogP contribution >= 0.6 is 0 Å². The van der Waals surface area contributed by atoms with E-state index in [4.69, 9.17) is 11.2 Å². The number of carbonyl (C=O) groups is 2. The van der Waals surface area contributed by atoms with Crippen LogP contribution < -0.4 is 0 Å². The lowest BCUT2D eigenvalue weighted by atomic mass is 9.93. The number of Topliss-reactive ketones (excluding diaryl/α,β-unsaturated/α-hetero) is 1. The quantitative estimate of drug-likeness (QED) is 0.720. The summed E-state index contributed by atoms with van der Waals surface area (Å²) in [6, 6.07) is 0. The first kappa shape index (κ1) is 14.6. The molecule has 0 aliphatic carbocycles. The maximum Gasteiger partial charge on any atom is 0.410 e. The summed E-state index contributed by atoms with van der Waals surface area (Å²) in [5.41, 5.74) is -0.453. The Labute approximate surface area is 109 Å². The van der Waals surface area contributed by atoms with Crippen molar-refractivity contribution in [1.82, 2.24) is 4.90 Å². The Bertz CT molecular complexity index is 356. The van der Waals surface area contributed by atoms with Gasteiger partial charge >= 0.3 is 6.09 Å². The highest BCUT2D eigenvalue weighted by Gasteiger charge is 2.33. The fourth-order valence-corrected chi connectivity index (χ4v) is 1.80. The van der Waals surface area contributed by atoms with Crippen LogP contribution in [0.5, 0.6) is 0 Å². The zero-order valence-corrected chi connectivity index (χ0v) is 11.4. The van der Waals surface area contributed by atoms with Crippen LogP contribution in [-0.2, 0) is 9.53 Å². The Kier molecular flexibility index (Phi) is 4.77. The molecule has 1 rings (SSSR count). The first-order valence-corrected chi connectivity index (χ1v) is 6.25. The van der Waals surface area contributed by atoms with E-state index in [9.17, 15) is 9.59 Å². The monoisotopic (exact) mass is 251 g/mol. The minimum Gasteiger partial charge on any atom is -0.444 e. The number of nitrogens with zero attached hydrogens (tertiary/aromatic N) is 1. The lowest BCUT2D eigenvalue weighted by molar-refractivity contribution is -0.118. The van der Waals surface area contributed by atoms with Crippen LogP contribution in [0.4, 0.5) is 4.79 Å². The van der Waals surface area contributed by atoms with E-state index in [0.717, 1.165) is 6.42 Å². The predicted molar refractivity (Wildman–Crippen MR) is 69.0 cm³/mol. The average Bonchev–Trinajstić information content (AvgIpc) is 2.12. The molecule has 4 heteroatoms. The van der Waals surface area contributed by atoms with E-state index in [1.165, 1.54) is 0 Å². The first-order chi connectivity index (χ1) is 8.31. The maximum absolute atomic E-state index is 11.6. The summed E-state index contributed by atoms with van der Waals surface area (Å²) in [4.78, 5) is 24.5. The average molecular weight is 251 g/mol. The second-order valence-corrected chi connectivity index (χ2v) is 5.71. The van der Waals surface area contributed by atoms with Crippen molar-refractivity contribution in [3.8, 4) is 12.3 Å². The van der Waals surface area contributed by atoms with Crippen LogP contribution in [0.25, 0.3) is 0 Å². The third kappa shape index (κ3) is 4.79. The van der Waals surface area contributed by atoms with Crippen molar-refractivity contribution in [2.45, 2.75) is 45.6 Å². The topological polar surface area (TPSA) is 46.6 Å². The van der Waals surface area contributed by atoms with Crippen LogP contribution in [0.1, 0.15) is 40.0 Å². The van der Waals surface area contributed by atoms with Gasteiger partial charge in [0.25, 0.3) is 0 Å². The molecule has 0 aromatic carbocycles. The number of likely N-dealkylation sites (tertiary alicyclic amines) is 1. The number of hydrogen-bond acceptors (Lipinski definition) is 3. The molecule has 1 fully saturated rings. The van der Waals surface area contributed by atoms with Gasteiger partial charge in [-0.3, -0.25) is 4.79 Å². The van der Waals surface area contributed by atoms with Crippen LogP contribution in [0, 0.1) is 18.3 Å². The summed E-state index contributed by atoms with van der Waals surface area (Å²) >= 11 is 0. The molecule has 0 bridgehead atoms. The molecular weight excluding hydrogens is 230 g/mol. The number of hydrogen-bond donors (Lipinski definition) is 0. The second kappa shape index (κ2) is 5.90. The van der Waals surface area contributed by atoms with Gasteiger partial charge in [-0.15, -0.1) is 6.42 Å². The summed E-state index contributed by atoms with van der Waals surface area (Å²) in [7, 11) is 0. The highest BCUT2D eigenvalue weighted by atomic mass is 16.6. The molecule has 0 saturated carbocycles. The van der Waals surface area contributed by atoms with E-state index in [1.807, 2.05) is 20.8 Å².